The topological polar surface area (TPSA) is 92.5 Å². The van der Waals surface area contributed by atoms with Gasteiger partial charge in [0.1, 0.15) is 24.4 Å². The van der Waals surface area contributed by atoms with E-state index in [1.807, 2.05) is 73.7 Å². The van der Waals surface area contributed by atoms with Gasteiger partial charge in [0, 0.05) is 5.02 Å². The van der Waals surface area contributed by atoms with E-state index in [2.05, 4.69) is 10.1 Å². The van der Waals surface area contributed by atoms with Gasteiger partial charge in [-0.25, -0.2) is 19.2 Å². The first kappa shape index (κ1) is 21.6. The highest BCUT2D eigenvalue weighted by molar-refractivity contribution is 6.30. The summed E-state index contributed by atoms with van der Waals surface area (Å²) < 4.78 is 21.6. The van der Waals surface area contributed by atoms with Crippen LogP contribution >= 0.6 is 11.6 Å². The molecule has 1 aliphatic heterocycles. The standard InChI is InChI=1S/C27H19ClN6O3/c1-16-22-23(20-8-5-13-35-20)24-25-30-21(14-36-19-6-3-2-4-7-19)32-33(25)15-29-26(24)37-27(22)34(31-16)18-11-9-17(28)10-12-18/h2-13,15,23H,14H2,1H3. The number of fused-ring (bicyclic) bond motifs is 4. The van der Waals surface area contributed by atoms with Crippen molar-refractivity contribution in [3.05, 3.63) is 113 Å². The molecule has 0 saturated carbocycles. The van der Waals surface area contributed by atoms with Crippen LogP contribution in [-0.2, 0) is 6.61 Å². The molecule has 1 aliphatic rings. The van der Waals surface area contributed by atoms with Gasteiger partial charge in [0.05, 0.1) is 34.7 Å². The average molecular weight is 511 g/mol. The first-order valence-electron chi connectivity index (χ1n) is 11.6. The fraction of sp³-hybridized carbons (Fsp3) is 0.111. The smallest absolute Gasteiger partial charge is 0.230 e. The lowest BCUT2D eigenvalue weighted by molar-refractivity contribution is 0.296. The Labute approximate surface area is 215 Å². The van der Waals surface area contributed by atoms with Crippen LogP contribution in [0.2, 0.25) is 5.02 Å². The molecule has 5 heterocycles. The van der Waals surface area contributed by atoms with Crippen molar-refractivity contribution in [1.29, 1.82) is 0 Å². The summed E-state index contributed by atoms with van der Waals surface area (Å²) in [6, 6.07) is 20.8. The molecule has 1 unspecified atom stereocenters. The van der Waals surface area contributed by atoms with Crippen LogP contribution in [0.25, 0.3) is 11.3 Å². The van der Waals surface area contributed by atoms with Gasteiger partial charge in [-0.05, 0) is 55.5 Å². The minimum absolute atomic E-state index is 0.214. The minimum atomic E-state index is -0.349. The van der Waals surface area contributed by atoms with E-state index in [9.17, 15) is 0 Å². The van der Waals surface area contributed by atoms with Crippen molar-refractivity contribution in [2.24, 2.45) is 0 Å². The van der Waals surface area contributed by atoms with Gasteiger partial charge in [0.2, 0.25) is 11.8 Å². The Bertz CT molecular complexity index is 1730. The van der Waals surface area contributed by atoms with Gasteiger partial charge in [0.15, 0.2) is 11.5 Å². The third-order valence-electron chi connectivity index (χ3n) is 6.27. The lowest BCUT2D eigenvalue weighted by Gasteiger charge is -2.24. The summed E-state index contributed by atoms with van der Waals surface area (Å²) in [6.07, 6.45) is 3.24. The first-order chi connectivity index (χ1) is 18.2. The molecule has 0 radical (unpaired) electrons. The maximum absolute atomic E-state index is 6.39. The molecule has 37 heavy (non-hydrogen) atoms. The Morgan fingerprint density at radius 1 is 0.973 bits per heavy atom. The second-order valence-electron chi connectivity index (χ2n) is 8.60. The molecular weight excluding hydrogens is 492 g/mol. The summed E-state index contributed by atoms with van der Waals surface area (Å²) in [7, 11) is 0. The highest BCUT2D eigenvalue weighted by atomic mass is 35.5. The number of nitrogens with zero attached hydrogens (tertiary/aromatic N) is 6. The van der Waals surface area contributed by atoms with Crippen molar-refractivity contribution in [2.45, 2.75) is 19.4 Å². The summed E-state index contributed by atoms with van der Waals surface area (Å²) in [5, 5.41) is 10.0. The largest absolute Gasteiger partial charge is 0.486 e. The van der Waals surface area contributed by atoms with Gasteiger partial charge in [-0.3, -0.25) is 0 Å². The molecule has 0 amide bonds. The van der Waals surface area contributed by atoms with E-state index >= 15 is 0 Å². The maximum atomic E-state index is 6.39. The zero-order valence-electron chi connectivity index (χ0n) is 19.6. The molecule has 0 N–H and O–H groups in total. The van der Waals surface area contributed by atoms with Crippen LogP contribution in [0.5, 0.6) is 17.5 Å². The van der Waals surface area contributed by atoms with Gasteiger partial charge >= 0.3 is 0 Å². The Morgan fingerprint density at radius 3 is 2.59 bits per heavy atom. The van der Waals surface area contributed by atoms with Crippen molar-refractivity contribution < 1.29 is 13.9 Å². The van der Waals surface area contributed by atoms with Crippen LogP contribution in [0.3, 0.4) is 0 Å². The average Bonchev–Trinajstić information content (AvgIpc) is 3.67. The molecule has 0 aliphatic carbocycles. The number of aromatic nitrogens is 6. The number of furan rings is 1. The zero-order valence-corrected chi connectivity index (χ0v) is 20.3. The number of ether oxygens (including phenoxy) is 2. The van der Waals surface area contributed by atoms with Crippen LogP contribution in [0.15, 0.2) is 83.7 Å². The number of hydrogen-bond acceptors (Lipinski definition) is 7. The predicted molar refractivity (Wildman–Crippen MR) is 135 cm³/mol. The molecule has 1 atom stereocenters. The summed E-state index contributed by atoms with van der Waals surface area (Å²) >= 11 is 6.11. The third-order valence-corrected chi connectivity index (χ3v) is 6.53. The normalized spacial score (nSPS) is 14.3. The number of aryl methyl sites for hydroxylation is 1. The lowest BCUT2D eigenvalue weighted by atomic mass is 9.88. The van der Waals surface area contributed by atoms with Crippen molar-refractivity contribution in [1.82, 2.24) is 29.4 Å². The molecule has 4 aromatic heterocycles. The summed E-state index contributed by atoms with van der Waals surface area (Å²) in [4.78, 5) is 9.39. The van der Waals surface area contributed by atoms with Crippen LogP contribution in [0.1, 0.15) is 34.3 Å². The van der Waals surface area contributed by atoms with Gasteiger partial charge in [0.25, 0.3) is 0 Å². The minimum Gasteiger partial charge on any atom is -0.486 e. The van der Waals surface area contributed by atoms with Crippen molar-refractivity contribution in [3.63, 3.8) is 0 Å². The fourth-order valence-electron chi connectivity index (χ4n) is 4.65. The molecule has 0 bridgehead atoms. The molecule has 0 spiro atoms. The number of halogens is 1. The van der Waals surface area contributed by atoms with E-state index in [1.165, 1.54) is 0 Å². The van der Waals surface area contributed by atoms with E-state index in [0.717, 1.165) is 34.0 Å². The summed E-state index contributed by atoms with van der Waals surface area (Å²) in [5.74, 6) is 2.63. The van der Waals surface area contributed by atoms with Crippen LogP contribution in [0, 0.1) is 6.92 Å². The predicted octanol–water partition coefficient (Wildman–Crippen LogP) is 5.73. The van der Waals surface area contributed by atoms with E-state index in [1.54, 1.807) is 21.8 Å². The quantitative estimate of drug-likeness (QED) is 0.292. The van der Waals surface area contributed by atoms with Crippen molar-refractivity contribution in [2.75, 3.05) is 0 Å². The summed E-state index contributed by atoms with van der Waals surface area (Å²) in [5.41, 5.74) is 3.85. The van der Waals surface area contributed by atoms with Crippen molar-refractivity contribution >= 4 is 17.2 Å². The SMILES string of the molecule is Cc1nn(-c2ccc(Cl)cc2)c2c1C(c1ccco1)c1c(ncn3nc(COc4ccccc4)nc13)O2. The number of rotatable bonds is 5. The Balaban J connectivity index is 1.36. The van der Waals surface area contributed by atoms with Crippen molar-refractivity contribution in [3.8, 4) is 23.2 Å². The van der Waals surface area contributed by atoms with E-state index in [0.29, 0.717) is 28.3 Å². The van der Waals surface area contributed by atoms with Gasteiger partial charge < -0.3 is 13.9 Å². The second kappa shape index (κ2) is 8.49. The fourth-order valence-corrected chi connectivity index (χ4v) is 4.77. The number of hydrogen-bond donors (Lipinski definition) is 0. The van der Waals surface area contributed by atoms with E-state index < -0.39 is 0 Å². The van der Waals surface area contributed by atoms with E-state index in [-0.39, 0.29) is 12.5 Å². The van der Waals surface area contributed by atoms with Gasteiger partial charge in [-0.2, -0.15) is 5.10 Å². The second-order valence-corrected chi connectivity index (χ2v) is 9.04. The Hall–Kier alpha value is -4.63. The monoisotopic (exact) mass is 510 g/mol. The van der Waals surface area contributed by atoms with Crippen LogP contribution in [-0.4, -0.2) is 29.4 Å². The molecule has 9 nitrogen and oxygen atoms in total. The molecule has 182 valence electrons. The van der Waals surface area contributed by atoms with E-state index in [4.69, 9.17) is 35.6 Å². The highest BCUT2D eigenvalue weighted by Gasteiger charge is 2.39. The molecule has 10 heteroatoms. The molecule has 7 rings (SSSR count). The molecule has 0 saturated heterocycles. The Kier molecular flexibility index (Phi) is 4.97. The van der Waals surface area contributed by atoms with Crippen LogP contribution in [0.4, 0.5) is 0 Å². The number of para-hydroxylation sites is 1. The summed E-state index contributed by atoms with van der Waals surface area (Å²) in [6.45, 7) is 2.16. The molecular formula is C27H19ClN6O3. The molecule has 0 fully saturated rings. The van der Waals surface area contributed by atoms with Gasteiger partial charge in [-0.15, -0.1) is 5.10 Å². The first-order valence-corrected chi connectivity index (χ1v) is 12.0. The maximum Gasteiger partial charge on any atom is 0.230 e. The molecule has 2 aromatic carbocycles. The van der Waals surface area contributed by atoms with Crippen LogP contribution < -0.4 is 9.47 Å². The highest BCUT2D eigenvalue weighted by Crippen LogP contribution is 2.49. The third kappa shape index (κ3) is 3.63. The lowest BCUT2D eigenvalue weighted by Crippen LogP contribution is -2.15. The van der Waals surface area contributed by atoms with Gasteiger partial charge in [-0.1, -0.05) is 29.8 Å². The Morgan fingerprint density at radius 2 is 1.81 bits per heavy atom. The molecule has 6 aromatic rings. The zero-order chi connectivity index (χ0) is 24.9. The number of benzene rings is 2.